The first-order valence-corrected chi connectivity index (χ1v) is 8.83. The Balaban J connectivity index is 1.76. The van der Waals surface area contributed by atoms with Gasteiger partial charge in [-0.2, -0.15) is 5.10 Å². The number of carbonyl (C=O) groups excluding carboxylic acids is 1. The number of rotatable bonds is 6. The van der Waals surface area contributed by atoms with Crippen LogP contribution in [0.5, 0.6) is 5.75 Å². The molecule has 0 atom stereocenters. The lowest BCUT2D eigenvalue weighted by Gasteiger charge is -2.09. The molecule has 1 heterocycles. The smallest absolute Gasteiger partial charge is 0.267 e. The Labute approximate surface area is 161 Å². The number of aryl methyl sites for hydroxylation is 1. The number of amides is 1. The van der Waals surface area contributed by atoms with Crippen molar-refractivity contribution in [2.24, 2.45) is 0 Å². The molecule has 28 heavy (non-hydrogen) atoms. The van der Waals surface area contributed by atoms with Gasteiger partial charge >= 0.3 is 0 Å². The Kier molecular flexibility index (Phi) is 5.84. The predicted octanol–water partition coefficient (Wildman–Crippen LogP) is 3.40. The van der Waals surface area contributed by atoms with Gasteiger partial charge in [0.2, 0.25) is 5.91 Å². The van der Waals surface area contributed by atoms with E-state index in [9.17, 15) is 14.0 Å². The van der Waals surface area contributed by atoms with Crippen LogP contribution in [0.2, 0.25) is 0 Å². The summed E-state index contributed by atoms with van der Waals surface area (Å²) in [5, 5.41) is 6.83. The number of halogens is 1. The van der Waals surface area contributed by atoms with E-state index < -0.39 is 17.3 Å². The molecule has 0 radical (unpaired) electrons. The van der Waals surface area contributed by atoms with Gasteiger partial charge in [-0.05, 0) is 61.9 Å². The third-order valence-electron chi connectivity index (χ3n) is 4.08. The summed E-state index contributed by atoms with van der Waals surface area (Å²) in [6.45, 7) is 3.83. The molecule has 7 heteroatoms. The van der Waals surface area contributed by atoms with Crippen LogP contribution in [-0.2, 0) is 11.3 Å². The van der Waals surface area contributed by atoms with E-state index in [1.807, 2.05) is 31.2 Å². The maximum absolute atomic E-state index is 13.6. The van der Waals surface area contributed by atoms with Crippen molar-refractivity contribution in [2.45, 2.75) is 20.4 Å². The first kappa shape index (κ1) is 19.3. The monoisotopic (exact) mass is 381 g/mol. The van der Waals surface area contributed by atoms with Crippen molar-refractivity contribution in [1.82, 2.24) is 9.78 Å². The molecule has 0 spiro atoms. The zero-order chi connectivity index (χ0) is 20.1. The molecule has 3 aromatic rings. The molecule has 144 valence electrons. The van der Waals surface area contributed by atoms with E-state index in [0.717, 1.165) is 16.0 Å². The second kappa shape index (κ2) is 8.47. The van der Waals surface area contributed by atoms with Crippen molar-refractivity contribution in [3.05, 3.63) is 76.3 Å². The summed E-state index contributed by atoms with van der Waals surface area (Å²) in [7, 11) is 0. The summed E-state index contributed by atoms with van der Waals surface area (Å²) in [4.78, 5) is 24.3. The van der Waals surface area contributed by atoms with Crippen molar-refractivity contribution in [2.75, 3.05) is 11.9 Å². The summed E-state index contributed by atoms with van der Waals surface area (Å²) in [5.41, 5.74) is 1.75. The van der Waals surface area contributed by atoms with Crippen molar-refractivity contribution >= 4 is 11.6 Å². The van der Waals surface area contributed by atoms with Crippen molar-refractivity contribution in [3.8, 4) is 17.0 Å². The lowest BCUT2D eigenvalue weighted by molar-refractivity contribution is -0.117. The molecular weight excluding hydrogens is 361 g/mol. The first-order chi connectivity index (χ1) is 13.5. The number of hydrogen-bond acceptors (Lipinski definition) is 4. The van der Waals surface area contributed by atoms with E-state index in [4.69, 9.17) is 4.74 Å². The fourth-order valence-electron chi connectivity index (χ4n) is 2.61. The lowest BCUT2D eigenvalue weighted by Crippen LogP contribution is -2.29. The van der Waals surface area contributed by atoms with Crippen LogP contribution >= 0.6 is 0 Å². The van der Waals surface area contributed by atoms with Gasteiger partial charge in [0, 0.05) is 17.3 Å². The molecule has 0 bridgehead atoms. The Morgan fingerprint density at radius 2 is 1.89 bits per heavy atom. The predicted molar refractivity (Wildman–Crippen MR) is 105 cm³/mol. The number of ether oxygens (including phenoxy) is 1. The quantitative estimate of drug-likeness (QED) is 0.710. The van der Waals surface area contributed by atoms with Crippen molar-refractivity contribution in [1.29, 1.82) is 0 Å². The summed E-state index contributed by atoms with van der Waals surface area (Å²) in [6, 6.07) is 14.7. The van der Waals surface area contributed by atoms with Gasteiger partial charge in [-0.3, -0.25) is 9.59 Å². The molecule has 0 fully saturated rings. The van der Waals surface area contributed by atoms with E-state index in [2.05, 4.69) is 10.4 Å². The molecule has 3 rings (SSSR count). The van der Waals surface area contributed by atoms with Crippen LogP contribution in [0, 0.1) is 12.7 Å². The van der Waals surface area contributed by atoms with E-state index in [1.54, 1.807) is 25.1 Å². The normalized spacial score (nSPS) is 10.5. The van der Waals surface area contributed by atoms with E-state index >= 15 is 0 Å². The van der Waals surface area contributed by atoms with Gasteiger partial charge in [0.1, 0.15) is 18.1 Å². The van der Waals surface area contributed by atoms with E-state index in [0.29, 0.717) is 23.6 Å². The Bertz CT molecular complexity index is 1050. The average Bonchev–Trinajstić information content (AvgIpc) is 2.67. The lowest BCUT2D eigenvalue weighted by atomic mass is 10.1. The highest BCUT2D eigenvalue weighted by Gasteiger charge is 2.10. The minimum Gasteiger partial charge on any atom is -0.494 e. The molecule has 0 aliphatic heterocycles. The Morgan fingerprint density at radius 3 is 2.57 bits per heavy atom. The molecule has 0 unspecified atom stereocenters. The molecule has 0 saturated carbocycles. The van der Waals surface area contributed by atoms with Crippen LogP contribution in [0.15, 0.2) is 59.4 Å². The zero-order valence-electron chi connectivity index (χ0n) is 15.6. The minimum atomic E-state index is -0.471. The first-order valence-electron chi connectivity index (χ1n) is 8.83. The molecule has 0 aliphatic rings. The molecule has 6 nitrogen and oxygen atoms in total. The highest BCUT2D eigenvalue weighted by atomic mass is 19.1. The molecular formula is C21H20FN3O3. The summed E-state index contributed by atoms with van der Waals surface area (Å²) < 4.78 is 20.1. The van der Waals surface area contributed by atoms with Crippen LogP contribution in [0.3, 0.4) is 0 Å². The highest BCUT2D eigenvalue weighted by Crippen LogP contribution is 2.20. The second-order valence-corrected chi connectivity index (χ2v) is 6.18. The number of anilines is 1. The second-order valence-electron chi connectivity index (χ2n) is 6.18. The average molecular weight is 381 g/mol. The molecule has 0 saturated heterocycles. The van der Waals surface area contributed by atoms with Gasteiger partial charge in [0.05, 0.1) is 12.3 Å². The van der Waals surface area contributed by atoms with Crippen LogP contribution in [0.1, 0.15) is 12.5 Å². The van der Waals surface area contributed by atoms with Crippen molar-refractivity contribution < 1.29 is 13.9 Å². The van der Waals surface area contributed by atoms with Gasteiger partial charge < -0.3 is 10.1 Å². The van der Waals surface area contributed by atoms with Gasteiger partial charge in [-0.1, -0.05) is 6.07 Å². The Hall–Kier alpha value is -3.48. The number of benzene rings is 2. The van der Waals surface area contributed by atoms with Gasteiger partial charge in [0.15, 0.2) is 0 Å². The SMILES string of the molecule is CCOc1ccc(-c2ccc(=O)n(CC(=O)Nc3ccc(C)c(F)c3)n2)cc1. The van der Waals surface area contributed by atoms with Gasteiger partial charge in [-0.25, -0.2) is 9.07 Å². The summed E-state index contributed by atoms with van der Waals surface area (Å²) >= 11 is 0. The number of nitrogens with one attached hydrogen (secondary N) is 1. The zero-order valence-corrected chi connectivity index (χ0v) is 15.6. The van der Waals surface area contributed by atoms with Crippen LogP contribution in [-0.4, -0.2) is 22.3 Å². The van der Waals surface area contributed by atoms with Crippen LogP contribution in [0.4, 0.5) is 10.1 Å². The molecule has 1 aromatic heterocycles. The number of nitrogens with zero attached hydrogens (tertiary/aromatic N) is 2. The number of aromatic nitrogens is 2. The standard InChI is InChI=1S/C21H20FN3O3/c1-3-28-17-8-5-15(6-9-17)19-10-11-21(27)25(24-19)13-20(26)23-16-7-4-14(2)18(22)12-16/h4-12H,3,13H2,1-2H3,(H,23,26). The van der Waals surface area contributed by atoms with E-state index in [-0.39, 0.29) is 6.54 Å². The number of carbonyl (C=O) groups is 1. The fraction of sp³-hybridized carbons (Fsp3) is 0.190. The highest BCUT2D eigenvalue weighted by molar-refractivity contribution is 5.90. The Morgan fingerprint density at radius 1 is 1.14 bits per heavy atom. The minimum absolute atomic E-state index is 0.279. The molecule has 0 aliphatic carbocycles. The van der Waals surface area contributed by atoms with Gasteiger partial charge in [0.25, 0.3) is 5.56 Å². The molecule has 1 amide bonds. The summed E-state index contributed by atoms with van der Waals surface area (Å²) in [5.74, 6) is -0.142. The van der Waals surface area contributed by atoms with Crippen molar-refractivity contribution in [3.63, 3.8) is 0 Å². The third kappa shape index (κ3) is 4.62. The fourth-order valence-corrected chi connectivity index (χ4v) is 2.61. The molecule has 1 N–H and O–H groups in total. The van der Waals surface area contributed by atoms with E-state index in [1.165, 1.54) is 12.1 Å². The maximum Gasteiger partial charge on any atom is 0.267 e. The third-order valence-corrected chi connectivity index (χ3v) is 4.08. The summed E-state index contributed by atoms with van der Waals surface area (Å²) in [6.07, 6.45) is 0. The topological polar surface area (TPSA) is 73.2 Å². The van der Waals surface area contributed by atoms with Crippen LogP contribution < -0.4 is 15.6 Å². The maximum atomic E-state index is 13.6. The van der Waals surface area contributed by atoms with Gasteiger partial charge in [-0.15, -0.1) is 0 Å². The number of hydrogen-bond donors (Lipinski definition) is 1. The largest absolute Gasteiger partial charge is 0.494 e. The molecule has 2 aromatic carbocycles. The van der Waals surface area contributed by atoms with Crippen LogP contribution in [0.25, 0.3) is 11.3 Å².